The lowest BCUT2D eigenvalue weighted by Crippen LogP contribution is -2.65. The predicted octanol–water partition coefficient (Wildman–Crippen LogP) is 8.84. The first-order valence-electron chi connectivity index (χ1n) is 16.7. The van der Waals surface area contributed by atoms with Gasteiger partial charge in [-0.15, -0.1) is 12.3 Å². The van der Waals surface area contributed by atoms with Gasteiger partial charge >= 0.3 is 11.9 Å². The fraction of sp³-hybridized carbons (Fsp3) is 0.789. The third-order valence-electron chi connectivity index (χ3n) is 14.1. The number of fused-ring (bicyclic) bond motifs is 7. The Bertz CT molecular complexity index is 1190. The highest BCUT2D eigenvalue weighted by Crippen LogP contribution is 2.76. The van der Waals surface area contributed by atoms with Gasteiger partial charge in [-0.1, -0.05) is 72.8 Å². The molecule has 0 N–H and O–H groups in total. The van der Waals surface area contributed by atoms with E-state index in [1.165, 1.54) is 6.42 Å². The summed E-state index contributed by atoms with van der Waals surface area (Å²) in [5, 5.41) is 0. The zero-order valence-corrected chi connectivity index (χ0v) is 27.6. The minimum Gasteiger partial charge on any atom is -0.462 e. The van der Waals surface area contributed by atoms with Crippen LogP contribution in [0.15, 0.2) is 24.3 Å². The van der Waals surface area contributed by atoms with Crippen LogP contribution in [0, 0.1) is 62.6 Å². The molecule has 5 aliphatic carbocycles. The lowest BCUT2D eigenvalue weighted by atomic mass is 9.33. The van der Waals surface area contributed by atoms with Crippen molar-refractivity contribution >= 4 is 11.9 Å². The molecule has 232 valence electrons. The summed E-state index contributed by atoms with van der Waals surface area (Å²) < 4.78 is 12.0. The molecule has 0 spiro atoms. The van der Waals surface area contributed by atoms with E-state index in [-0.39, 0.29) is 51.0 Å². The van der Waals surface area contributed by atoms with Crippen LogP contribution < -0.4 is 0 Å². The molecule has 4 fully saturated rings. The van der Waals surface area contributed by atoms with Crippen LogP contribution in [0.5, 0.6) is 0 Å². The highest BCUT2D eigenvalue weighted by molar-refractivity contribution is 5.79. The van der Waals surface area contributed by atoms with Gasteiger partial charge in [-0.3, -0.25) is 9.59 Å². The molecule has 4 saturated carbocycles. The van der Waals surface area contributed by atoms with Crippen molar-refractivity contribution in [3.8, 4) is 12.3 Å². The van der Waals surface area contributed by atoms with E-state index in [1.807, 2.05) is 0 Å². The number of allylic oxidation sites excluding steroid dienone is 2. The van der Waals surface area contributed by atoms with Crippen molar-refractivity contribution in [3.63, 3.8) is 0 Å². The number of hydrogen-bond donors (Lipinski definition) is 0. The standard InChI is InChI=1S/C38H56O4/c1-10-12-13-31(39)42-30-17-18-35(7)28(34(30,5)6)16-19-37(9)29(35)15-14-26-27-25-33(3,4)20-22-38(27,23-21-36(26,37)8)32(40)41-24-11-2/h1,11,14,27-30H,2,12-13,15-25H2,3-9H3/t27-,28-,29+,30-,35-,36+,37+,38-/m0/s1. The lowest BCUT2D eigenvalue weighted by Gasteiger charge is -2.71. The molecule has 0 saturated heterocycles. The Morgan fingerprint density at radius 1 is 1.00 bits per heavy atom. The number of rotatable bonds is 6. The number of carbonyl (C=O) groups excluding carboxylic acids is 2. The Morgan fingerprint density at radius 3 is 2.40 bits per heavy atom. The van der Waals surface area contributed by atoms with Crippen molar-refractivity contribution in [2.24, 2.45) is 50.2 Å². The molecule has 0 heterocycles. The molecule has 0 aliphatic heterocycles. The molecule has 8 atom stereocenters. The zero-order chi connectivity index (χ0) is 30.8. The molecular formula is C38H56O4. The second-order valence-corrected chi connectivity index (χ2v) is 16.8. The van der Waals surface area contributed by atoms with Gasteiger partial charge < -0.3 is 9.47 Å². The van der Waals surface area contributed by atoms with E-state index in [0.717, 1.165) is 57.8 Å². The van der Waals surface area contributed by atoms with Gasteiger partial charge in [-0.25, -0.2) is 0 Å². The van der Waals surface area contributed by atoms with Crippen molar-refractivity contribution in [2.75, 3.05) is 6.61 Å². The van der Waals surface area contributed by atoms with Crippen LogP contribution in [-0.4, -0.2) is 24.6 Å². The summed E-state index contributed by atoms with van der Waals surface area (Å²) in [6, 6.07) is 0. The maximum atomic E-state index is 13.8. The van der Waals surface area contributed by atoms with Gasteiger partial charge in [0, 0.05) is 11.8 Å². The Hall–Kier alpha value is -2.02. The summed E-state index contributed by atoms with van der Waals surface area (Å²) in [6.07, 6.45) is 20.8. The summed E-state index contributed by atoms with van der Waals surface area (Å²) in [6.45, 7) is 21.3. The van der Waals surface area contributed by atoms with Crippen LogP contribution in [0.25, 0.3) is 0 Å². The molecule has 5 aliphatic rings. The molecule has 0 unspecified atom stereocenters. The fourth-order valence-corrected chi connectivity index (χ4v) is 11.5. The molecule has 0 bridgehead atoms. The second-order valence-electron chi connectivity index (χ2n) is 16.8. The Morgan fingerprint density at radius 2 is 1.71 bits per heavy atom. The molecule has 0 aromatic rings. The van der Waals surface area contributed by atoms with Crippen molar-refractivity contribution in [3.05, 3.63) is 24.3 Å². The third kappa shape index (κ3) is 4.54. The number of terminal acetylenes is 1. The number of esters is 2. The highest BCUT2D eigenvalue weighted by Gasteiger charge is 2.69. The molecule has 4 heteroatoms. The monoisotopic (exact) mass is 576 g/mol. The summed E-state index contributed by atoms with van der Waals surface area (Å²) in [5.74, 6) is 3.72. The van der Waals surface area contributed by atoms with E-state index in [0.29, 0.717) is 31.3 Å². The van der Waals surface area contributed by atoms with Gasteiger partial charge in [0.25, 0.3) is 0 Å². The predicted molar refractivity (Wildman–Crippen MR) is 168 cm³/mol. The van der Waals surface area contributed by atoms with Crippen molar-refractivity contribution in [1.82, 2.24) is 0 Å². The maximum absolute atomic E-state index is 13.8. The summed E-state index contributed by atoms with van der Waals surface area (Å²) in [7, 11) is 0. The van der Waals surface area contributed by atoms with Gasteiger partial charge in [0.2, 0.25) is 0 Å². The zero-order valence-electron chi connectivity index (χ0n) is 27.6. The van der Waals surface area contributed by atoms with Crippen LogP contribution in [-0.2, 0) is 19.1 Å². The lowest BCUT2D eigenvalue weighted by molar-refractivity contribution is -0.214. The number of carbonyl (C=O) groups is 2. The fourth-order valence-electron chi connectivity index (χ4n) is 11.5. The average molecular weight is 577 g/mol. The first-order valence-corrected chi connectivity index (χ1v) is 16.7. The van der Waals surface area contributed by atoms with E-state index >= 15 is 0 Å². The highest BCUT2D eigenvalue weighted by atomic mass is 16.5. The van der Waals surface area contributed by atoms with Crippen LogP contribution >= 0.6 is 0 Å². The maximum Gasteiger partial charge on any atom is 0.312 e. The number of ether oxygens (including phenoxy) is 2. The molecule has 42 heavy (non-hydrogen) atoms. The summed E-state index contributed by atoms with van der Waals surface area (Å²) in [5.41, 5.74) is 1.68. The van der Waals surface area contributed by atoms with Crippen LogP contribution in [0.2, 0.25) is 0 Å². The summed E-state index contributed by atoms with van der Waals surface area (Å²) in [4.78, 5) is 26.4. The van der Waals surface area contributed by atoms with Crippen LogP contribution in [0.3, 0.4) is 0 Å². The molecule has 5 rings (SSSR count). The van der Waals surface area contributed by atoms with Gasteiger partial charge in [0.1, 0.15) is 12.7 Å². The van der Waals surface area contributed by atoms with Crippen LogP contribution in [0.4, 0.5) is 0 Å². The summed E-state index contributed by atoms with van der Waals surface area (Å²) >= 11 is 0. The van der Waals surface area contributed by atoms with E-state index in [9.17, 15) is 9.59 Å². The molecular weight excluding hydrogens is 520 g/mol. The van der Waals surface area contributed by atoms with Gasteiger partial charge in [0.05, 0.1) is 11.8 Å². The van der Waals surface area contributed by atoms with Crippen molar-refractivity contribution < 1.29 is 19.1 Å². The largest absolute Gasteiger partial charge is 0.462 e. The van der Waals surface area contributed by atoms with Gasteiger partial charge in [-0.05, 0) is 104 Å². The van der Waals surface area contributed by atoms with Crippen molar-refractivity contribution in [2.45, 2.75) is 132 Å². The van der Waals surface area contributed by atoms with Crippen molar-refractivity contribution in [1.29, 1.82) is 0 Å². The molecule has 4 nitrogen and oxygen atoms in total. The molecule has 0 radical (unpaired) electrons. The minimum absolute atomic E-state index is 0.00524. The van der Waals surface area contributed by atoms with Crippen LogP contribution in [0.1, 0.15) is 126 Å². The molecule has 0 aromatic heterocycles. The third-order valence-corrected chi connectivity index (χ3v) is 14.1. The van der Waals surface area contributed by atoms with Gasteiger partial charge in [0.15, 0.2) is 0 Å². The smallest absolute Gasteiger partial charge is 0.312 e. The first kappa shape index (κ1) is 31.4. The van der Waals surface area contributed by atoms with E-state index in [1.54, 1.807) is 11.6 Å². The Balaban J connectivity index is 1.48. The number of hydrogen-bond acceptors (Lipinski definition) is 4. The average Bonchev–Trinajstić information content (AvgIpc) is 2.92. The molecule has 0 aromatic carbocycles. The van der Waals surface area contributed by atoms with E-state index in [4.69, 9.17) is 15.9 Å². The molecule has 0 amide bonds. The Labute approximate surface area is 255 Å². The SMILES string of the molecule is C#CCCC(=O)O[C@H]1CC[C@]2(C)[C@H]3CC=C4[C@@H]5CC(C)(C)CC[C@]5(C(=O)OCC=C)CC[C@@]4(C)[C@]3(C)CC[C@H]2C1(C)C. The minimum atomic E-state index is -0.405. The normalized spacial score (nSPS) is 43.1. The topological polar surface area (TPSA) is 52.6 Å². The Kier molecular flexibility index (Phi) is 7.89. The second kappa shape index (κ2) is 10.6. The quantitative estimate of drug-likeness (QED) is 0.180. The van der Waals surface area contributed by atoms with E-state index in [2.05, 4.69) is 67.0 Å². The van der Waals surface area contributed by atoms with Gasteiger partial charge in [-0.2, -0.15) is 0 Å². The van der Waals surface area contributed by atoms with E-state index < -0.39 is 5.41 Å². The first-order chi connectivity index (χ1) is 19.6.